The maximum absolute atomic E-state index is 12.9. The Bertz CT molecular complexity index is 837. The van der Waals surface area contributed by atoms with Crippen molar-refractivity contribution >= 4 is 34.4 Å². The third-order valence-electron chi connectivity index (χ3n) is 4.39. The van der Waals surface area contributed by atoms with Crippen LogP contribution in [0.1, 0.15) is 22.8 Å². The summed E-state index contributed by atoms with van der Waals surface area (Å²) in [6.07, 6.45) is 0.306. The van der Waals surface area contributed by atoms with Gasteiger partial charge in [-0.2, -0.15) is 0 Å². The predicted molar refractivity (Wildman–Crippen MR) is 101 cm³/mol. The first-order valence-corrected chi connectivity index (χ1v) is 9.33. The van der Waals surface area contributed by atoms with E-state index in [1.54, 1.807) is 43.3 Å². The highest BCUT2D eigenvalue weighted by Gasteiger charge is 2.39. The van der Waals surface area contributed by atoms with Gasteiger partial charge in [0.05, 0.1) is 0 Å². The van der Waals surface area contributed by atoms with E-state index >= 15 is 0 Å². The summed E-state index contributed by atoms with van der Waals surface area (Å²) in [6.45, 7) is 1.73. The Morgan fingerprint density at radius 2 is 1.77 bits per heavy atom. The van der Waals surface area contributed by atoms with Crippen LogP contribution in [0.25, 0.3) is 0 Å². The van der Waals surface area contributed by atoms with E-state index in [-0.39, 0.29) is 11.0 Å². The first-order chi connectivity index (χ1) is 12.5. The lowest BCUT2D eigenvalue weighted by Crippen LogP contribution is -2.45. The summed E-state index contributed by atoms with van der Waals surface area (Å²) in [7, 11) is 0. The minimum absolute atomic E-state index is 0.0955. The number of hydrogen-bond acceptors (Lipinski definition) is 4. The average Bonchev–Trinajstić information content (AvgIpc) is 3.05. The minimum atomic E-state index is -1.02. The number of fused-ring (bicyclic) bond motifs is 1. The molecule has 0 fully saturated rings. The van der Waals surface area contributed by atoms with Gasteiger partial charge in [0.25, 0.3) is 0 Å². The highest BCUT2D eigenvalue weighted by Crippen LogP contribution is 2.33. The van der Waals surface area contributed by atoms with Crippen molar-refractivity contribution in [3.8, 4) is 0 Å². The SMILES string of the molecule is C[C@H](CSC(=O)c1ccccc1)C(=O)N1c2ccccc2CC1C(=O)O. The zero-order valence-corrected chi connectivity index (χ0v) is 15.1. The van der Waals surface area contributed by atoms with Crippen LogP contribution in [0, 0.1) is 5.92 Å². The van der Waals surface area contributed by atoms with Gasteiger partial charge < -0.3 is 5.11 Å². The van der Waals surface area contributed by atoms with E-state index in [0.717, 1.165) is 17.3 Å². The lowest BCUT2D eigenvalue weighted by molar-refractivity contribution is -0.140. The zero-order chi connectivity index (χ0) is 18.7. The lowest BCUT2D eigenvalue weighted by atomic mass is 10.1. The van der Waals surface area contributed by atoms with Crippen LogP contribution < -0.4 is 4.90 Å². The van der Waals surface area contributed by atoms with E-state index in [1.807, 2.05) is 18.2 Å². The second-order valence-corrected chi connectivity index (χ2v) is 7.25. The molecule has 1 heterocycles. The molecule has 0 spiro atoms. The molecule has 1 unspecified atom stereocenters. The number of benzene rings is 2. The number of rotatable bonds is 5. The Kier molecular flexibility index (Phi) is 5.42. The Morgan fingerprint density at radius 3 is 2.46 bits per heavy atom. The van der Waals surface area contributed by atoms with Crippen LogP contribution in [0.2, 0.25) is 0 Å². The van der Waals surface area contributed by atoms with Crippen molar-refractivity contribution in [1.29, 1.82) is 0 Å². The molecule has 1 amide bonds. The summed E-state index contributed by atoms with van der Waals surface area (Å²) in [4.78, 5) is 38.1. The number of para-hydroxylation sites is 1. The maximum atomic E-state index is 12.9. The van der Waals surface area contributed by atoms with Gasteiger partial charge in [-0.1, -0.05) is 67.2 Å². The van der Waals surface area contributed by atoms with Gasteiger partial charge in [-0.25, -0.2) is 4.79 Å². The molecule has 2 aromatic carbocycles. The van der Waals surface area contributed by atoms with Crippen LogP contribution in [-0.2, 0) is 16.0 Å². The highest BCUT2D eigenvalue weighted by atomic mass is 32.2. The molecular weight excluding hydrogens is 350 g/mol. The Balaban J connectivity index is 1.71. The summed E-state index contributed by atoms with van der Waals surface area (Å²) >= 11 is 1.08. The highest BCUT2D eigenvalue weighted by molar-refractivity contribution is 8.14. The Hall–Kier alpha value is -2.60. The number of carbonyl (C=O) groups is 3. The van der Waals surface area contributed by atoms with Gasteiger partial charge in [-0.15, -0.1) is 0 Å². The number of amides is 1. The maximum Gasteiger partial charge on any atom is 0.327 e. The second kappa shape index (κ2) is 7.74. The monoisotopic (exact) mass is 369 g/mol. The standard InChI is InChI=1S/C20H19NO4S/c1-13(12-26-20(25)14-7-3-2-4-8-14)18(22)21-16-10-6-5-9-15(16)11-17(21)19(23)24/h2-10,13,17H,11-12H2,1H3,(H,23,24)/t13-,17?/m1/s1. The van der Waals surface area contributed by atoms with Gasteiger partial charge in [0.2, 0.25) is 11.0 Å². The quantitative estimate of drug-likeness (QED) is 0.876. The van der Waals surface area contributed by atoms with E-state index in [1.165, 1.54) is 4.90 Å². The summed E-state index contributed by atoms with van der Waals surface area (Å²) in [5.74, 6) is -1.46. The average molecular weight is 369 g/mol. The molecule has 0 aliphatic carbocycles. The number of thioether (sulfide) groups is 1. The smallest absolute Gasteiger partial charge is 0.327 e. The summed E-state index contributed by atoms with van der Waals surface area (Å²) < 4.78 is 0. The number of carboxylic acids is 1. The van der Waals surface area contributed by atoms with Crippen LogP contribution in [0.4, 0.5) is 5.69 Å². The number of nitrogens with zero attached hydrogens (tertiary/aromatic N) is 1. The van der Waals surface area contributed by atoms with Crippen LogP contribution in [-0.4, -0.2) is 33.9 Å². The molecule has 26 heavy (non-hydrogen) atoms. The Labute approximate surface area is 156 Å². The molecule has 0 radical (unpaired) electrons. The number of aliphatic carboxylic acids is 1. The van der Waals surface area contributed by atoms with Crippen LogP contribution in [0.15, 0.2) is 54.6 Å². The van der Waals surface area contributed by atoms with Gasteiger partial charge in [-0.05, 0) is 11.6 Å². The first-order valence-electron chi connectivity index (χ1n) is 8.35. The van der Waals surface area contributed by atoms with Crippen molar-refractivity contribution < 1.29 is 19.5 Å². The van der Waals surface area contributed by atoms with Crippen molar-refractivity contribution in [1.82, 2.24) is 0 Å². The Morgan fingerprint density at radius 1 is 1.12 bits per heavy atom. The molecular formula is C20H19NO4S. The first kappa shape index (κ1) is 18.2. The van der Waals surface area contributed by atoms with Gasteiger partial charge in [0, 0.05) is 29.3 Å². The van der Waals surface area contributed by atoms with E-state index < -0.39 is 17.9 Å². The molecule has 0 saturated carbocycles. The number of carboxylic acid groups (broad SMARTS) is 1. The van der Waals surface area contributed by atoms with E-state index in [0.29, 0.717) is 23.4 Å². The number of hydrogen-bond donors (Lipinski definition) is 1. The number of carbonyl (C=O) groups excluding carboxylic acids is 2. The van der Waals surface area contributed by atoms with E-state index in [9.17, 15) is 19.5 Å². The van der Waals surface area contributed by atoms with Gasteiger partial charge in [0.15, 0.2) is 0 Å². The van der Waals surface area contributed by atoms with Crippen molar-refractivity contribution in [2.75, 3.05) is 10.7 Å². The summed E-state index contributed by atoms with van der Waals surface area (Å²) in [5.41, 5.74) is 2.09. The topological polar surface area (TPSA) is 74.7 Å². The van der Waals surface area contributed by atoms with Crippen LogP contribution >= 0.6 is 11.8 Å². The molecule has 0 saturated heterocycles. The molecule has 134 valence electrons. The third kappa shape index (κ3) is 3.65. The van der Waals surface area contributed by atoms with Crippen molar-refractivity contribution in [3.05, 3.63) is 65.7 Å². The van der Waals surface area contributed by atoms with Crippen molar-refractivity contribution in [2.24, 2.45) is 5.92 Å². The molecule has 0 bridgehead atoms. The second-order valence-electron chi connectivity index (χ2n) is 6.26. The fraction of sp³-hybridized carbons (Fsp3) is 0.250. The molecule has 0 aromatic heterocycles. The van der Waals surface area contributed by atoms with E-state index in [4.69, 9.17) is 0 Å². The summed E-state index contributed by atoms with van der Waals surface area (Å²) in [6, 6.07) is 15.2. The molecule has 6 heteroatoms. The van der Waals surface area contributed by atoms with Crippen molar-refractivity contribution in [3.63, 3.8) is 0 Å². The fourth-order valence-corrected chi connectivity index (χ4v) is 3.87. The van der Waals surface area contributed by atoms with Gasteiger partial charge >= 0.3 is 5.97 Å². The predicted octanol–water partition coefficient (Wildman–Crippen LogP) is 3.24. The molecule has 1 aliphatic rings. The molecule has 2 atom stereocenters. The zero-order valence-electron chi connectivity index (χ0n) is 14.3. The molecule has 1 aliphatic heterocycles. The molecule has 2 aromatic rings. The summed E-state index contributed by atoms with van der Waals surface area (Å²) in [5, 5.41) is 9.40. The van der Waals surface area contributed by atoms with Gasteiger partial charge in [-0.3, -0.25) is 14.5 Å². The lowest BCUT2D eigenvalue weighted by Gasteiger charge is -2.25. The van der Waals surface area contributed by atoms with Crippen LogP contribution in [0.5, 0.6) is 0 Å². The van der Waals surface area contributed by atoms with Gasteiger partial charge in [0.1, 0.15) is 6.04 Å². The fourth-order valence-electron chi connectivity index (χ4n) is 3.02. The number of anilines is 1. The minimum Gasteiger partial charge on any atom is -0.480 e. The van der Waals surface area contributed by atoms with E-state index in [2.05, 4.69) is 0 Å². The largest absolute Gasteiger partial charge is 0.480 e. The van der Waals surface area contributed by atoms with Crippen molar-refractivity contribution in [2.45, 2.75) is 19.4 Å². The molecule has 5 nitrogen and oxygen atoms in total. The van der Waals surface area contributed by atoms with Crippen LogP contribution in [0.3, 0.4) is 0 Å². The molecule has 1 N–H and O–H groups in total. The third-order valence-corrected chi connectivity index (χ3v) is 5.56. The molecule has 3 rings (SSSR count). The normalized spacial score (nSPS) is 16.8.